The lowest BCUT2D eigenvalue weighted by atomic mass is 10.0. The fraction of sp³-hybridized carbons (Fsp3) is 0.407. The normalized spacial score (nSPS) is 17.6. The average molecular weight is 478 g/mol. The minimum Gasteiger partial charge on any atom is -0.481 e. The van der Waals surface area contributed by atoms with Crippen molar-refractivity contribution in [3.05, 3.63) is 69.3 Å². The Morgan fingerprint density at radius 2 is 1.80 bits per heavy atom. The van der Waals surface area contributed by atoms with Crippen molar-refractivity contribution in [3.63, 3.8) is 0 Å². The van der Waals surface area contributed by atoms with E-state index in [-0.39, 0.29) is 23.8 Å². The monoisotopic (exact) mass is 477 g/mol. The van der Waals surface area contributed by atoms with E-state index in [1.165, 1.54) is 4.57 Å². The molecule has 1 fully saturated rings. The number of pyridine rings is 1. The van der Waals surface area contributed by atoms with Crippen molar-refractivity contribution in [1.29, 1.82) is 0 Å². The molecule has 8 heteroatoms. The summed E-state index contributed by atoms with van der Waals surface area (Å²) in [5.41, 5.74) is 2.57. The molecule has 1 saturated carbocycles. The van der Waals surface area contributed by atoms with Crippen LogP contribution in [0.25, 0.3) is 10.9 Å². The number of nitrogens with one attached hydrogen (secondary N) is 1. The second kappa shape index (κ2) is 9.90. The molecule has 1 aliphatic rings. The molecule has 1 aromatic carbocycles. The number of amides is 1. The maximum absolute atomic E-state index is 13.7. The Hall–Kier alpha value is -3.68. The number of carbonyl (C=O) groups is 3. The van der Waals surface area contributed by atoms with Crippen molar-refractivity contribution in [2.75, 3.05) is 0 Å². The molecule has 4 rings (SSSR count). The maximum atomic E-state index is 13.7. The highest BCUT2D eigenvalue weighted by atomic mass is 16.4. The van der Waals surface area contributed by atoms with Crippen LogP contribution in [0.5, 0.6) is 0 Å². The van der Waals surface area contributed by atoms with Crippen LogP contribution < -0.4 is 10.9 Å². The highest BCUT2D eigenvalue weighted by Crippen LogP contribution is 2.28. The van der Waals surface area contributed by atoms with Gasteiger partial charge in [-0.3, -0.25) is 19.2 Å². The Morgan fingerprint density at radius 1 is 1.09 bits per heavy atom. The number of carboxylic acids is 1. The molecule has 0 bridgehead atoms. The molecule has 0 saturated heterocycles. The SMILES string of the molecule is CCc1c(C(=O)N[C@H]2CCC[C@H]2C(=O)O)n(C)c2cc(CC)n(CC(=O)c3ccccc3)c(=O)c12. The zero-order chi connectivity index (χ0) is 25.3. The predicted octanol–water partition coefficient (Wildman–Crippen LogP) is 3.33. The number of aromatic nitrogens is 2. The Bertz CT molecular complexity index is 1350. The smallest absolute Gasteiger partial charge is 0.308 e. The molecule has 8 nitrogen and oxygen atoms in total. The van der Waals surface area contributed by atoms with E-state index in [0.717, 1.165) is 6.42 Å². The molecule has 0 radical (unpaired) electrons. The topological polar surface area (TPSA) is 110 Å². The second-order valence-electron chi connectivity index (χ2n) is 9.13. The molecule has 2 atom stereocenters. The van der Waals surface area contributed by atoms with Gasteiger partial charge >= 0.3 is 5.97 Å². The van der Waals surface area contributed by atoms with Gasteiger partial charge in [-0.15, -0.1) is 0 Å². The molecule has 1 aliphatic carbocycles. The van der Waals surface area contributed by atoms with E-state index >= 15 is 0 Å². The number of nitrogens with zero attached hydrogens (tertiary/aromatic N) is 2. The van der Waals surface area contributed by atoms with E-state index < -0.39 is 17.9 Å². The van der Waals surface area contributed by atoms with Gasteiger partial charge in [-0.25, -0.2) is 0 Å². The summed E-state index contributed by atoms with van der Waals surface area (Å²) in [6.07, 6.45) is 2.89. The molecular formula is C27H31N3O5. The number of carbonyl (C=O) groups excluding carboxylic acids is 2. The third kappa shape index (κ3) is 4.40. The number of rotatable bonds is 8. The van der Waals surface area contributed by atoms with E-state index in [4.69, 9.17) is 0 Å². The zero-order valence-corrected chi connectivity index (χ0v) is 20.3. The van der Waals surface area contributed by atoms with Gasteiger partial charge in [0.2, 0.25) is 0 Å². The van der Waals surface area contributed by atoms with Crippen molar-refractivity contribution in [3.8, 4) is 0 Å². The van der Waals surface area contributed by atoms with E-state index in [1.807, 2.05) is 26.0 Å². The van der Waals surface area contributed by atoms with E-state index in [1.54, 1.807) is 35.9 Å². The van der Waals surface area contributed by atoms with Crippen LogP contribution in [-0.4, -0.2) is 37.9 Å². The molecular weight excluding hydrogens is 446 g/mol. The Morgan fingerprint density at radius 3 is 2.43 bits per heavy atom. The first-order chi connectivity index (χ1) is 16.8. The van der Waals surface area contributed by atoms with Gasteiger partial charge in [0, 0.05) is 24.3 Å². The fourth-order valence-electron chi connectivity index (χ4n) is 5.30. The van der Waals surface area contributed by atoms with E-state index in [0.29, 0.717) is 59.1 Å². The standard InChI is InChI=1S/C27H31N3O5/c1-4-17-14-21-23(26(33)30(17)15-22(31)16-10-7-6-8-11-16)18(5-2)24(29(21)3)25(32)28-20-13-9-12-19(20)27(34)35/h6-8,10-11,14,19-20H,4-5,9,12-13,15H2,1-3H3,(H,28,32)(H,34,35)/t19-,20+/m1/s1. The third-order valence-corrected chi connectivity index (χ3v) is 7.13. The molecule has 0 unspecified atom stereocenters. The Kier molecular flexibility index (Phi) is 6.91. The molecule has 35 heavy (non-hydrogen) atoms. The molecule has 0 spiro atoms. The minimum atomic E-state index is -0.904. The summed E-state index contributed by atoms with van der Waals surface area (Å²) >= 11 is 0. The van der Waals surface area contributed by atoms with Gasteiger partial charge in [-0.1, -0.05) is 50.6 Å². The lowest BCUT2D eigenvalue weighted by molar-refractivity contribution is -0.142. The third-order valence-electron chi connectivity index (χ3n) is 7.13. The summed E-state index contributed by atoms with van der Waals surface area (Å²) in [5.74, 6) is -2.04. The number of aliphatic carboxylic acids is 1. The van der Waals surface area contributed by atoms with Crippen LogP contribution in [0.1, 0.15) is 65.2 Å². The fourth-order valence-corrected chi connectivity index (χ4v) is 5.30. The number of ketones is 1. The summed E-state index contributed by atoms with van der Waals surface area (Å²) in [6, 6.07) is 10.3. The van der Waals surface area contributed by atoms with Crippen molar-refractivity contribution in [1.82, 2.24) is 14.5 Å². The number of hydrogen-bond acceptors (Lipinski definition) is 4. The Labute approximate surface area is 203 Å². The van der Waals surface area contributed by atoms with Crippen LogP contribution in [0.15, 0.2) is 41.2 Å². The van der Waals surface area contributed by atoms with Crippen LogP contribution in [0, 0.1) is 5.92 Å². The lowest BCUT2D eigenvalue weighted by Crippen LogP contribution is -2.41. The molecule has 3 aromatic rings. The van der Waals surface area contributed by atoms with Crippen LogP contribution in [0.3, 0.4) is 0 Å². The van der Waals surface area contributed by atoms with Gasteiger partial charge in [-0.05, 0) is 37.3 Å². The van der Waals surface area contributed by atoms with Crippen LogP contribution in [0.2, 0.25) is 0 Å². The van der Waals surface area contributed by atoms with Crippen LogP contribution in [-0.2, 0) is 31.2 Å². The average Bonchev–Trinajstić information content (AvgIpc) is 3.43. The number of fused-ring (bicyclic) bond motifs is 1. The minimum absolute atomic E-state index is 0.0795. The largest absolute Gasteiger partial charge is 0.481 e. The zero-order valence-electron chi connectivity index (χ0n) is 20.3. The summed E-state index contributed by atoms with van der Waals surface area (Å²) in [5, 5.41) is 12.8. The first-order valence-corrected chi connectivity index (χ1v) is 12.1. The Balaban J connectivity index is 1.78. The van der Waals surface area contributed by atoms with E-state index in [9.17, 15) is 24.3 Å². The van der Waals surface area contributed by atoms with Gasteiger partial charge in [0.15, 0.2) is 5.78 Å². The van der Waals surface area contributed by atoms with Crippen LogP contribution >= 0.6 is 0 Å². The van der Waals surface area contributed by atoms with Gasteiger partial charge in [0.1, 0.15) is 5.69 Å². The van der Waals surface area contributed by atoms with E-state index in [2.05, 4.69) is 5.32 Å². The van der Waals surface area contributed by atoms with Crippen molar-refractivity contribution in [2.45, 2.75) is 58.5 Å². The molecule has 2 aromatic heterocycles. The summed E-state index contributed by atoms with van der Waals surface area (Å²) in [4.78, 5) is 51.6. The maximum Gasteiger partial charge on any atom is 0.308 e. The van der Waals surface area contributed by atoms with Gasteiger partial charge in [-0.2, -0.15) is 0 Å². The summed E-state index contributed by atoms with van der Waals surface area (Å²) in [6.45, 7) is 3.73. The molecule has 2 N–H and O–H groups in total. The molecule has 1 amide bonds. The summed E-state index contributed by atoms with van der Waals surface area (Å²) in [7, 11) is 1.75. The first-order valence-electron chi connectivity index (χ1n) is 12.1. The highest BCUT2D eigenvalue weighted by Gasteiger charge is 2.35. The van der Waals surface area contributed by atoms with Crippen LogP contribution in [0.4, 0.5) is 0 Å². The van der Waals surface area contributed by atoms with Gasteiger partial charge in [0.05, 0.1) is 23.4 Å². The summed E-state index contributed by atoms with van der Waals surface area (Å²) < 4.78 is 3.23. The molecule has 0 aliphatic heterocycles. The predicted molar refractivity (Wildman–Crippen MR) is 133 cm³/mol. The highest BCUT2D eigenvalue weighted by molar-refractivity contribution is 6.02. The number of Topliss-reactive ketones (excluding diaryl/α,β-unsaturated/α-hetero) is 1. The van der Waals surface area contributed by atoms with Crippen molar-refractivity contribution < 1.29 is 19.5 Å². The quantitative estimate of drug-likeness (QED) is 0.484. The van der Waals surface area contributed by atoms with Crippen molar-refractivity contribution in [2.24, 2.45) is 13.0 Å². The number of aryl methyl sites for hydroxylation is 3. The second-order valence-corrected chi connectivity index (χ2v) is 9.13. The van der Waals surface area contributed by atoms with Gasteiger partial charge < -0.3 is 19.6 Å². The molecule has 2 heterocycles. The number of hydrogen-bond donors (Lipinski definition) is 2. The van der Waals surface area contributed by atoms with Gasteiger partial charge in [0.25, 0.3) is 11.5 Å². The number of carboxylic acid groups (broad SMARTS) is 1. The number of benzene rings is 1. The molecule has 184 valence electrons. The van der Waals surface area contributed by atoms with Crippen molar-refractivity contribution >= 4 is 28.6 Å². The lowest BCUT2D eigenvalue weighted by Gasteiger charge is -2.18. The first kappa shape index (κ1) is 24.4.